The summed E-state index contributed by atoms with van der Waals surface area (Å²) in [6.07, 6.45) is 0.0509. The molecule has 0 aliphatic carbocycles. The van der Waals surface area contributed by atoms with Gasteiger partial charge in [0.2, 0.25) is 5.82 Å². The smallest absolute Gasteiger partial charge is 0.312 e. The van der Waals surface area contributed by atoms with E-state index in [1.807, 2.05) is 40.4 Å². The normalized spacial score (nSPS) is 10.7. The van der Waals surface area contributed by atoms with E-state index in [0.29, 0.717) is 23.0 Å². The molecule has 4 aromatic rings. The predicted octanol–water partition coefficient (Wildman–Crippen LogP) is 4.22. The minimum absolute atomic E-state index is 0.0509. The van der Waals surface area contributed by atoms with Gasteiger partial charge in [-0.3, -0.25) is 4.79 Å². The number of hydrogen-bond donors (Lipinski definition) is 0. The second kappa shape index (κ2) is 9.06. The first kappa shape index (κ1) is 20.0. The molecule has 1 aromatic carbocycles. The van der Waals surface area contributed by atoms with Crippen LogP contribution in [0, 0.1) is 0 Å². The van der Waals surface area contributed by atoms with Gasteiger partial charge in [-0.05, 0) is 29.6 Å². The van der Waals surface area contributed by atoms with Gasteiger partial charge < -0.3 is 18.7 Å². The first-order chi connectivity index (χ1) is 14.7. The van der Waals surface area contributed by atoms with E-state index in [1.54, 1.807) is 25.6 Å². The average molecular weight is 444 g/mol. The second-order valence-electron chi connectivity index (χ2n) is 6.07. The molecule has 0 N–H and O–H groups in total. The maximum Gasteiger partial charge on any atom is 0.312 e. The highest BCUT2D eigenvalue weighted by Gasteiger charge is 2.14. The molecule has 3 aromatic heterocycles. The zero-order valence-corrected chi connectivity index (χ0v) is 17.8. The summed E-state index contributed by atoms with van der Waals surface area (Å²) in [7, 11) is 3.17. The summed E-state index contributed by atoms with van der Waals surface area (Å²) in [4.78, 5) is 20.9. The van der Waals surface area contributed by atoms with Crippen LogP contribution in [0.5, 0.6) is 11.5 Å². The first-order valence-electron chi connectivity index (χ1n) is 8.84. The number of esters is 1. The molecule has 10 heteroatoms. The molecule has 30 heavy (non-hydrogen) atoms. The highest BCUT2D eigenvalue weighted by Crippen LogP contribution is 2.33. The van der Waals surface area contributed by atoms with Crippen molar-refractivity contribution in [2.75, 3.05) is 14.2 Å². The molecule has 8 nitrogen and oxygen atoms in total. The van der Waals surface area contributed by atoms with Crippen LogP contribution in [-0.4, -0.2) is 35.3 Å². The van der Waals surface area contributed by atoms with Gasteiger partial charge in [-0.25, -0.2) is 4.98 Å². The Labute approximate surface area is 180 Å². The van der Waals surface area contributed by atoms with E-state index in [0.717, 1.165) is 16.1 Å². The monoisotopic (exact) mass is 443 g/mol. The van der Waals surface area contributed by atoms with Crippen LogP contribution in [0.15, 0.2) is 44.9 Å². The number of ether oxygens (including phenoxy) is 3. The van der Waals surface area contributed by atoms with Gasteiger partial charge in [0.1, 0.15) is 5.01 Å². The topological polar surface area (TPSA) is 96.6 Å². The largest absolute Gasteiger partial charge is 0.493 e. The highest BCUT2D eigenvalue weighted by molar-refractivity contribution is 7.13. The number of methoxy groups -OCH3 is 2. The molecule has 0 atom stereocenters. The molecule has 0 fully saturated rings. The van der Waals surface area contributed by atoms with Crippen molar-refractivity contribution in [3.63, 3.8) is 0 Å². The number of aromatic nitrogens is 3. The van der Waals surface area contributed by atoms with Gasteiger partial charge in [-0.1, -0.05) is 5.16 Å². The second-order valence-corrected chi connectivity index (χ2v) is 7.71. The Balaban J connectivity index is 1.35. The lowest BCUT2D eigenvalue weighted by molar-refractivity contribution is -0.144. The summed E-state index contributed by atoms with van der Waals surface area (Å²) in [5, 5.41) is 10.3. The molecule has 0 unspecified atom stereocenters. The third kappa shape index (κ3) is 4.50. The molecular formula is C20H17N3O5S2. The van der Waals surface area contributed by atoms with E-state index >= 15 is 0 Å². The summed E-state index contributed by atoms with van der Waals surface area (Å²) in [5.74, 6) is 1.56. The summed E-state index contributed by atoms with van der Waals surface area (Å²) in [5.41, 5.74) is 2.37. The number of carbonyl (C=O) groups excluding carboxylic acids is 1. The summed E-state index contributed by atoms with van der Waals surface area (Å²) >= 11 is 2.98. The average Bonchev–Trinajstić information content (AvgIpc) is 3.53. The van der Waals surface area contributed by atoms with E-state index in [4.69, 9.17) is 18.7 Å². The fraction of sp³-hybridized carbons (Fsp3) is 0.200. The molecular weight excluding hydrogens is 426 g/mol. The molecule has 4 rings (SSSR count). The summed E-state index contributed by atoms with van der Waals surface area (Å²) in [6.45, 7) is -0.0807. The molecule has 0 radical (unpaired) electrons. The van der Waals surface area contributed by atoms with Gasteiger partial charge in [0.05, 0.1) is 26.3 Å². The maximum absolute atomic E-state index is 12.2. The number of thiazole rings is 1. The van der Waals surface area contributed by atoms with E-state index in [2.05, 4.69) is 15.1 Å². The number of thiophene rings is 1. The van der Waals surface area contributed by atoms with Crippen LogP contribution >= 0.6 is 22.7 Å². The van der Waals surface area contributed by atoms with Crippen LogP contribution in [0.4, 0.5) is 0 Å². The van der Waals surface area contributed by atoms with Gasteiger partial charge in [-0.15, -0.1) is 11.3 Å². The Hall–Kier alpha value is -3.24. The standard InChI is InChI=1S/C20H17N3O5S2/c1-25-15-4-3-12(7-16(15)26-2)20-21-14(11-30-20)8-18(24)27-9-17-22-19(23-28-17)13-5-6-29-10-13/h3-7,10-11H,8-9H2,1-2H3. The minimum atomic E-state index is -0.422. The van der Waals surface area contributed by atoms with Crippen molar-refractivity contribution in [3.8, 4) is 33.5 Å². The first-order valence-corrected chi connectivity index (χ1v) is 10.7. The van der Waals surface area contributed by atoms with E-state index in [1.165, 1.54) is 11.3 Å². The zero-order valence-electron chi connectivity index (χ0n) is 16.2. The van der Waals surface area contributed by atoms with Gasteiger partial charge in [0, 0.05) is 21.9 Å². The quantitative estimate of drug-likeness (QED) is 0.373. The van der Waals surface area contributed by atoms with E-state index < -0.39 is 5.97 Å². The lowest BCUT2D eigenvalue weighted by Crippen LogP contribution is -2.08. The number of hydrogen-bond acceptors (Lipinski definition) is 10. The van der Waals surface area contributed by atoms with Crippen LogP contribution in [0.1, 0.15) is 11.6 Å². The minimum Gasteiger partial charge on any atom is -0.493 e. The Bertz CT molecular complexity index is 1140. The van der Waals surface area contributed by atoms with Gasteiger partial charge in [0.25, 0.3) is 5.89 Å². The summed E-state index contributed by atoms with van der Waals surface area (Å²) in [6, 6.07) is 7.45. The Morgan fingerprint density at radius 3 is 2.70 bits per heavy atom. The van der Waals surface area contributed by atoms with Crippen LogP contribution in [0.25, 0.3) is 22.0 Å². The maximum atomic E-state index is 12.2. The van der Waals surface area contributed by atoms with Crippen molar-refractivity contribution < 1.29 is 23.5 Å². The van der Waals surface area contributed by atoms with Crippen molar-refractivity contribution in [1.82, 2.24) is 15.1 Å². The van der Waals surface area contributed by atoms with E-state index in [9.17, 15) is 4.79 Å². The van der Waals surface area contributed by atoms with Gasteiger partial charge in [-0.2, -0.15) is 16.3 Å². The molecule has 0 aliphatic rings. The molecule has 0 saturated heterocycles. The van der Waals surface area contributed by atoms with Crippen molar-refractivity contribution in [1.29, 1.82) is 0 Å². The highest BCUT2D eigenvalue weighted by atomic mass is 32.1. The van der Waals surface area contributed by atoms with Crippen LogP contribution in [0.2, 0.25) is 0 Å². The molecule has 3 heterocycles. The predicted molar refractivity (Wildman–Crippen MR) is 112 cm³/mol. The van der Waals surface area contributed by atoms with Crippen molar-refractivity contribution in [2.24, 2.45) is 0 Å². The molecule has 0 aliphatic heterocycles. The Kier molecular flexibility index (Phi) is 6.05. The number of benzene rings is 1. The van der Waals surface area contributed by atoms with Crippen molar-refractivity contribution in [2.45, 2.75) is 13.0 Å². The molecule has 0 amide bonds. The zero-order chi connectivity index (χ0) is 20.9. The Morgan fingerprint density at radius 1 is 1.07 bits per heavy atom. The lowest BCUT2D eigenvalue weighted by Gasteiger charge is -2.08. The van der Waals surface area contributed by atoms with E-state index in [-0.39, 0.29) is 18.9 Å². The fourth-order valence-corrected chi connectivity index (χ4v) is 4.10. The molecule has 0 spiro atoms. The molecule has 0 bridgehead atoms. The van der Waals surface area contributed by atoms with Crippen LogP contribution in [-0.2, 0) is 22.6 Å². The van der Waals surface area contributed by atoms with Gasteiger partial charge in [0.15, 0.2) is 18.1 Å². The number of rotatable bonds is 8. The number of carbonyl (C=O) groups is 1. The Morgan fingerprint density at radius 2 is 1.93 bits per heavy atom. The van der Waals surface area contributed by atoms with Crippen LogP contribution in [0.3, 0.4) is 0 Å². The third-order valence-corrected chi connectivity index (χ3v) is 5.74. The lowest BCUT2D eigenvalue weighted by atomic mass is 10.2. The SMILES string of the molecule is COc1ccc(-c2nc(CC(=O)OCc3nc(-c4ccsc4)no3)cs2)cc1OC. The van der Waals surface area contributed by atoms with Crippen molar-refractivity contribution >= 4 is 28.6 Å². The molecule has 0 saturated carbocycles. The van der Waals surface area contributed by atoms with Crippen molar-refractivity contribution in [3.05, 3.63) is 52.0 Å². The number of nitrogens with zero attached hydrogens (tertiary/aromatic N) is 3. The third-order valence-electron chi connectivity index (χ3n) is 4.11. The molecule has 154 valence electrons. The summed E-state index contributed by atoms with van der Waals surface area (Å²) < 4.78 is 20.9. The fourth-order valence-electron chi connectivity index (χ4n) is 2.65. The van der Waals surface area contributed by atoms with Crippen LogP contribution < -0.4 is 9.47 Å². The van der Waals surface area contributed by atoms with Gasteiger partial charge >= 0.3 is 5.97 Å².